The zero-order valence-corrected chi connectivity index (χ0v) is 14.0. The summed E-state index contributed by atoms with van der Waals surface area (Å²) in [7, 11) is 0. The van der Waals surface area contributed by atoms with Crippen molar-refractivity contribution < 1.29 is 9.90 Å². The van der Waals surface area contributed by atoms with Crippen molar-refractivity contribution in [3.05, 3.63) is 59.7 Å². The highest BCUT2D eigenvalue weighted by Crippen LogP contribution is 2.20. The van der Waals surface area contributed by atoms with Crippen LogP contribution < -0.4 is 10.6 Å². The van der Waals surface area contributed by atoms with Gasteiger partial charge in [-0.3, -0.25) is 0 Å². The lowest BCUT2D eigenvalue weighted by Crippen LogP contribution is -2.19. The first-order valence-electron chi connectivity index (χ1n) is 7.51. The van der Waals surface area contributed by atoms with Gasteiger partial charge in [-0.15, -0.1) is 0 Å². The van der Waals surface area contributed by atoms with Gasteiger partial charge in [0.05, 0.1) is 5.56 Å². The zero-order valence-electron chi connectivity index (χ0n) is 13.2. The second-order valence-electron chi connectivity index (χ2n) is 5.40. The summed E-state index contributed by atoms with van der Waals surface area (Å²) in [6.07, 6.45) is 1.10. The lowest BCUT2D eigenvalue weighted by Gasteiger charge is -2.13. The molecule has 120 valence electrons. The van der Waals surface area contributed by atoms with E-state index in [1.165, 1.54) is 11.6 Å². The molecular weight excluding hydrogens is 308 g/mol. The topological polar surface area (TPSA) is 61.4 Å². The molecule has 0 saturated heterocycles. The number of anilines is 2. The van der Waals surface area contributed by atoms with E-state index in [1.807, 2.05) is 12.1 Å². The molecule has 2 aromatic carbocycles. The minimum absolute atomic E-state index is 0.218. The van der Waals surface area contributed by atoms with E-state index in [0.717, 1.165) is 12.1 Å². The van der Waals surface area contributed by atoms with Gasteiger partial charge < -0.3 is 15.7 Å². The average molecular weight is 328 g/mol. The average Bonchev–Trinajstić information content (AvgIpc) is 2.55. The molecule has 0 amide bonds. The van der Waals surface area contributed by atoms with Gasteiger partial charge in [0.25, 0.3) is 0 Å². The van der Waals surface area contributed by atoms with Gasteiger partial charge in [-0.25, -0.2) is 4.79 Å². The number of thiocarbonyl (C=S) groups is 1. The molecule has 0 spiro atoms. The van der Waals surface area contributed by atoms with E-state index in [9.17, 15) is 4.79 Å². The predicted molar refractivity (Wildman–Crippen MR) is 98.4 cm³/mol. The third-order valence-corrected chi connectivity index (χ3v) is 3.92. The first-order valence-corrected chi connectivity index (χ1v) is 7.91. The van der Waals surface area contributed by atoms with Crippen molar-refractivity contribution >= 4 is 34.7 Å². The Kier molecular flexibility index (Phi) is 5.71. The van der Waals surface area contributed by atoms with Crippen LogP contribution in [0.3, 0.4) is 0 Å². The molecule has 0 aromatic heterocycles. The molecule has 4 nitrogen and oxygen atoms in total. The number of carboxylic acid groups (broad SMARTS) is 1. The summed E-state index contributed by atoms with van der Waals surface area (Å²) >= 11 is 5.26. The van der Waals surface area contributed by atoms with Gasteiger partial charge in [0.2, 0.25) is 0 Å². The van der Waals surface area contributed by atoms with Crippen LogP contribution in [0.2, 0.25) is 0 Å². The Morgan fingerprint density at radius 2 is 1.78 bits per heavy atom. The van der Waals surface area contributed by atoms with Crippen molar-refractivity contribution in [1.29, 1.82) is 0 Å². The van der Waals surface area contributed by atoms with Crippen LogP contribution >= 0.6 is 12.2 Å². The van der Waals surface area contributed by atoms with E-state index in [0.29, 0.717) is 16.7 Å². The van der Waals surface area contributed by atoms with E-state index in [2.05, 4.69) is 36.6 Å². The van der Waals surface area contributed by atoms with Crippen molar-refractivity contribution in [2.75, 3.05) is 10.6 Å². The van der Waals surface area contributed by atoms with Gasteiger partial charge in [-0.05, 0) is 60.5 Å². The van der Waals surface area contributed by atoms with Gasteiger partial charge in [-0.2, -0.15) is 0 Å². The minimum atomic E-state index is -0.965. The molecule has 0 bridgehead atoms. The van der Waals surface area contributed by atoms with Crippen LogP contribution in [0.1, 0.15) is 42.1 Å². The number of benzene rings is 2. The van der Waals surface area contributed by atoms with Crippen molar-refractivity contribution in [2.45, 2.75) is 26.2 Å². The Morgan fingerprint density at radius 3 is 2.39 bits per heavy atom. The number of carboxylic acids is 1. The van der Waals surface area contributed by atoms with Crippen molar-refractivity contribution in [3.63, 3.8) is 0 Å². The maximum atomic E-state index is 11.0. The molecule has 0 saturated carbocycles. The molecule has 1 unspecified atom stereocenters. The molecule has 0 heterocycles. The van der Waals surface area contributed by atoms with E-state index in [-0.39, 0.29) is 5.56 Å². The van der Waals surface area contributed by atoms with Crippen LogP contribution in [0.15, 0.2) is 48.5 Å². The van der Waals surface area contributed by atoms with Crippen LogP contribution in [0, 0.1) is 0 Å². The van der Waals surface area contributed by atoms with Gasteiger partial charge in [0.1, 0.15) is 0 Å². The van der Waals surface area contributed by atoms with Crippen molar-refractivity contribution in [1.82, 2.24) is 0 Å². The first kappa shape index (κ1) is 17.0. The predicted octanol–water partition coefficient (Wildman–Crippen LogP) is 4.71. The molecule has 0 aliphatic carbocycles. The van der Waals surface area contributed by atoms with Gasteiger partial charge >= 0.3 is 5.97 Å². The van der Waals surface area contributed by atoms with E-state index in [4.69, 9.17) is 17.3 Å². The molecule has 0 aliphatic heterocycles. The number of aromatic carboxylic acids is 1. The van der Waals surface area contributed by atoms with Crippen molar-refractivity contribution in [3.8, 4) is 0 Å². The quantitative estimate of drug-likeness (QED) is 0.694. The Balaban J connectivity index is 1.99. The van der Waals surface area contributed by atoms with E-state index < -0.39 is 5.97 Å². The van der Waals surface area contributed by atoms with Gasteiger partial charge in [0, 0.05) is 11.4 Å². The number of hydrogen-bond acceptors (Lipinski definition) is 2. The maximum absolute atomic E-state index is 11.0. The molecule has 2 aromatic rings. The zero-order chi connectivity index (χ0) is 16.8. The summed E-state index contributed by atoms with van der Waals surface area (Å²) in [6.45, 7) is 4.37. The Hall–Kier alpha value is -2.40. The molecule has 23 heavy (non-hydrogen) atoms. The summed E-state index contributed by atoms with van der Waals surface area (Å²) in [4.78, 5) is 11.0. The molecule has 2 rings (SSSR count). The van der Waals surface area contributed by atoms with Crippen molar-refractivity contribution in [2.24, 2.45) is 0 Å². The number of nitrogens with one attached hydrogen (secondary N) is 2. The lowest BCUT2D eigenvalue weighted by atomic mass is 9.99. The summed E-state index contributed by atoms with van der Waals surface area (Å²) < 4.78 is 0. The second kappa shape index (κ2) is 7.74. The fourth-order valence-electron chi connectivity index (χ4n) is 2.15. The molecular formula is C18H20N2O2S. The second-order valence-corrected chi connectivity index (χ2v) is 5.80. The SMILES string of the molecule is CCC(C)c1ccc(NC(=S)Nc2cccc(C(=O)O)c2)cc1. The standard InChI is InChI=1S/C18H20N2O2S/c1-3-12(2)13-7-9-15(10-8-13)19-18(23)20-16-6-4-5-14(11-16)17(21)22/h4-12H,3H2,1-2H3,(H,21,22)(H2,19,20,23). The fourth-order valence-corrected chi connectivity index (χ4v) is 2.39. The molecule has 0 fully saturated rings. The fraction of sp³-hybridized carbons (Fsp3) is 0.222. The summed E-state index contributed by atoms with van der Waals surface area (Å²) in [5.41, 5.74) is 3.05. The Labute approximate surface area is 141 Å². The molecule has 1 atom stereocenters. The van der Waals surface area contributed by atoms with Gasteiger partial charge in [-0.1, -0.05) is 32.0 Å². The number of rotatable bonds is 5. The van der Waals surface area contributed by atoms with Crippen LogP contribution in [0.25, 0.3) is 0 Å². The van der Waals surface area contributed by atoms with E-state index in [1.54, 1.807) is 18.2 Å². The smallest absolute Gasteiger partial charge is 0.335 e. The monoisotopic (exact) mass is 328 g/mol. The first-order chi connectivity index (χ1) is 11.0. The highest BCUT2D eigenvalue weighted by molar-refractivity contribution is 7.80. The summed E-state index contributed by atoms with van der Waals surface area (Å²) in [6, 6.07) is 14.7. The number of carbonyl (C=O) groups is 1. The van der Waals surface area contributed by atoms with Crippen LogP contribution in [-0.2, 0) is 0 Å². The third-order valence-electron chi connectivity index (χ3n) is 3.72. The van der Waals surface area contributed by atoms with Gasteiger partial charge in [0.15, 0.2) is 5.11 Å². The Bertz CT molecular complexity index is 698. The summed E-state index contributed by atoms with van der Waals surface area (Å²) in [5.74, 6) is -0.430. The summed E-state index contributed by atoms with van der Waals surface area (Å²) in [5, 5.41) is 15.5. The van der Waals surface area contributed by atoms with Crippen LogP contribution in [0.4, 0.5) is 11.4 Å². The Morgan fingerprint density at radius 1 is 1.13 bits per heavy atom. The maximum Gasteiger partial charge on any atom is 0.335 e. The van der Waals surface area contributed by atoms with E-state index >= 15 is 0 Å². The molecule has 0 radical (unpaired) electrons. The highest BCUT2D eigenvalue weighted by atomic mass is 32.1. The minimum Gasteiger partial charge on any atom is -0.478 e. The largest absolute Gasteiger partial charge is 0.478 e. The third kappa shape index (κ3) is 4.79. The molecule has 5 heteroatoms. The molecule has 3 N–H and O–H groups in total. The highest BCUT2D eigenvalue weighted by Gasteiger charge is 2.06. The number of hydrogen-bond donors (Lipinski definition) is 3. The van der Waals surface area contributed by atoms with Crippen LogP contribution in [-0.4, -0.2) is 16.2 Å². The molecule has 0 aliphatic rings. The normalized spacial score (nSPS) is 11.6. The van der Waals surface area contributed by atoms with Crippen LogP contribution in [0.5, 0.6) is 0 Å². The lowest BCUT2D eigenvalue weighted by molar-refractivity contribution is 0.0697.